The maximum atomic E-state index is 10.8. The van der Waals surface area contributed by atoms with Gasteiger partial charge in [-0.2, -0.15) is 0 Å². The number of rotatable bonds is 2. The van der Waals surface area contributed by atoms with Crippen molar-refractivity contribution in [1.82, 2.24) is 5.32 Å². The molecule has 94 valence electrons. The zero-order valence-corrected chi connectivity index (χ0v) is 10.8. The Labute approximate surface area is 108 Å². The Hall–Kier alpha value is -1.06. The van der Waals surface area contributed by atoms with Crippen LogP contribution in [0.15, 0.2) is 24.3 Å². The summed E-state index contributed by atoms with van der Waals surface area (Å²) in [6, 6.07) is 8.22. The van der Waals surface area contributed by atoms with E-state index in [4.69, 9.17) is 4.74 Å². The summed E-state index contributed by atoms with van der Waals surface area (Å²) in [6.45, 7) is 2.51. The van der Waals surface area contributed by atoms with E-state index >= 15 is 0 Å². The zero-order chi connectivity index (χ0) is 11.4. The summed E-state index contributed by atoms with van der Waals surface area (Å²) >= 11 is 0. The first-order chi connectivity index (χ1) is 7.75. The van der Waals surface area contributed by atoms with Crippen LogP contribution in [-0.4, -0.2) is 12.5 Å². The SMILES string of the molecule is CC(=O)Oc1ccc([C@@H]2CCCCN2)cc1.Cl. The van der Waals surface area contributed by atoms with Crippen LogP contribution in [0.2, 0.25) is 0 Å². The summed E-state index contributed by atoms with van der Waals surface area (Å²) in [7, 11) is 0. The first-order valence-electron chi connectivity index (χ1n) is 5.77. The van der Waals surface area contributed by atoms with E-state index in [2.05, 4.69) is 5.32 Å². The molecule has 0 aliphatic carbocycles. The molecule has 1 aliphatic rings. The largest absolute Gasteiger partial charge is 0.427 e. The van der Waals surface area contributed by atoms with Crippen LogP contribution in [0.1, 0.15) is 37.8 Å². The maximum absolute atomic E-state index is 10.8. The van der Waals surface area contributed by atoms with Gasteiger partial charge in [-0.25, -0.2) is 0 Å². The fraction of sp³-hybridized carbons (Fsp3) is 0.462. The van der Waals surface area contributed by atoms with Crippen LogP contribution < -0.4 is 10.1 Å². The molecule has 1 saturated heterocycles. The summed E-state index contributed by atoms with van der Waals surface area (Å²) in [5.41, 5.74) is 1.27. The quantitative estimate of drug-likeness (QED) is 0.652. The lowest BCUT2D eigenvalue weighted by Crippen LogP contribution is -2.26. The average molecular weight is 256 g/mol. The number of ether oxygens (including phenoxy) is 1. The van der Waals surface area contributed by atoms with Crippen molar-refractivity contribution in [2.45, 2.75) is 32.2 Å². The number of carbonyl (C=O) groups excluding carboxylic acids is 1. The van der Waals surface area contributed by atoms with E-state index in [-0.39, 0.29) is 18.4 Å². The molecule has 0 amide bonds. The van der Waals surface area contributed by atoms with E-state index in [1.54, 1.807) is 0 Å². The van der Waals surface area contributed by atoms with E-state index in [1.165, 1.54) is 31.7 Å². The Balaban J connectivity index is 0.00000144. The van der Waals surface area contributed by atoms with Gasteiger partial charge in [-0.3, -0.25) is 4.79 Å². The smallest absolute Gasteiger partial charge is 0.308 e. The van der Waals surface area contributed by atoms with Gasteiger partial charge in [0.25, 0.3) is 0 Å². The second-order valence-corrected chi connectivity index (χ2v) is 4.17. The predicted octanol–water partition coefficient (Wildman–Crippen LogP) is 2.85. The predicted molar refractivity (Wildman–Crippen MR) is 69.6 cm³/mol. The highest BCUT2D eigenvalue weighted by Gasteiger charge is 2.14. The van der Waals surface area contributed by atoms with Crippen LogP contribution in [0.25, 0.3) is 0 Å². The first-order valence-corrected chi connectivity index (χ1v) is 5.77. The normalized spacial score (nSPS) is 19.2. The van der Waals surface area contributed by atoms with Gasteiger partial charge in [0, 0.05) is 13.0 Å². The second-order valence-electron chi connectivity index (χ2n) is 4.17. The molecule has 0 aromatic heterocycles. The Kier molecular flexibility index (Phi) is 5.45. The molecule has 0 saturated carbocycles. The molecule has 0 bridgehead atoms. The molecular formula is C13H18ClNO2. The minimum absolute atomic E-state index is 0. The molecule has 0 radical (unpaired) electrons. The second kappa shape index (κ2) is 6.62. The molecule has 1 atom stereocenters. The van der Waals surface area contributed by atoms with Crippen LogP contribution in [0.5, 0.6) is 5.75 Å². The third kappa shape index (κ3) is 4.02. The van der Waals surface area contributed by atoms with Crippen molar-refractivity contribution in [3.05, 3.63) is 29.8 Å². The zero-order valence-electron chi connectivity index (χ0n) is 9.94. The van der Waals surface area contributed by atoms with Crippen LogP contribution in [0, 0.1) is 0 Å². The summed E-state index contributed by atoms with van der Waals surface area (Å²) in [6.07, 6.45) is 3.73. The lowest BCUT2D eigenvalue weighted by Gasteiger charge is -2.23. The first kappa shape index (κ1) is 14.0. The van der Waals surface area contributed by atoms with Gasteiger partial charge in [-0.1, -0.05) is 18.6 Å². The Morgan fingerprint density at radius 1 is 1.29 bits per heavy atom. The minimum Gasteiger partial charge on any atom is -0.427 e. The molecule has 4 heteroatoms. The Bertz CT molecular complexity index is 358. The van der Waals surface area contributed by atoms with Crippen molar-refractivity contribution in [1.29, 1.82) is 0 Å². The van der Waals surface area contributed by atoms with Crippen molar-refractivity contribution in [3.63, 3.8) is 0 Å². The third-order valence-corrected chi connectivity index (χ3v) is 2.85. The number of hydrogen-bond donors (Lipinski definition) is 1. The van der Waals surface area contributed by atoms with E-state index in [0.29, 0.717) is 11.8 Å². The molecule has 1 heterocycles. The Morgan fingerprint density at radius 3 is 2.53 bits per heavy atom. The number of nitrogens with one attached hydrogen (secondary N) is 1. The van der Waals surface area contributed by atoms with Gasteiger partial charge in [0.1, 0.15) is 5.75 Å². The molecular weight excluding hydrogens is 238 g/mol. The molecule has 0 spiro atoms. The van der Waals surface area contributed by atoms with Crippen molar-refractivity contribution in [2.24, 2.45) is 0 Å². The standard InChI is InChI=1S/C13H17NO2.ClH/c1-10(15)16-12-7-5-11(6-8-12)13-4-2-3-9-14-13;/h5-8,13-14H,2-4,9H2,1H3;1H/t13-;/m0./s1. The summed E-state index contributed by atoms with van der Waals surface area (Å²) in [5.74, 6) is 0.343. The minimum atomic E-state index is -0.274. The van der Waals surface area contributed by atoms with Gasteiger partial charge in [0.05, 0.1) is 0 Å². The molecule has 1 aromatic rings. The van der Waals surface area contributed by atoms with Crippen LogP contribution >= 0.6 is 12.4 Å². The highest BCUT2D eigenvalue weighted by atomic mass is 35.5. The number of benzene rings is 1. The topological polar surface area (TPSA) is 38.3 Å². The van der Waals surface area contributed by atoms with Gasteiger partial charge in [0.15, 0.2) is 0 Å². The van der Waals surface area contributed by atoms with Gasteiger partial charge >= 0.3 is 5.97 Å². The summed E-state index contributed by atoms with van der Waals surface area (Å²) in [4.78, 5) is 10.8. The molecule has 2 rings (SSSR count). The number of halogens is 1. The molecule has 0 unspecified atom stereocenters. The van der Waals surface area contributed by atoms with E-state index in [1.807, 2.05) is 24.3 Å². The molecule has 3 nitrogen and oxygen atoms in total. The highest BCUT2D eigenvalue weighted by molar-refractivity contribution is 5.85. The maximum Gasteiger partial charge on any atom is 0.308 e. The van der Waals surface area contributed by atoms with Gasteiger partial charge in [0.2, 0.25) is 0 Å². The molecule has 1 N–H and O–H groups in total. The summed E-state index contributed by atoms with van der Waals surface area (Å²) in [5, 5.41) is 3.49. The van der Waals surface area contributed by atoms with Crippen molar-refractivity contribution < 1.29 is 9.53 Å². The summed E-state index contributed by atoms with van der Waals surface area (Å²) < 4.78 is 5.00. The average Bonchev–Trinajstić information content (AvgIpc) is 2.30. The molecule has 1 fully saturated rings. The van der Waals surface area contributed by atoms with Crippen LogP contribution in [-0.2, 0) is 4.79 Å². The van der Waals surface area contributed by atoms with E-state index in [9.17, 15) is 4.79 Å². The number of hydrogen-bond acceptors (Lipinski definition) is 3. The van der Waals surface area contributed by atoms with Crippen LogP contribution in [0.3, 0.4) is 0 Å². The fourth-order valence-electron chi connectivity index (χ4n) is 2.07. The van der Waals surface area contributed by atoms with Crippen molar-refractivity contribution >= 4 is 18.4 Å². The monoisotopic (exact) mass is 255 g/mol. The van der Waals surface area contributed by atoms with Crippen molar-refractivity contribution in [3.8, 4) is 5.75 Å². The van der Waals surface area contributed by atoms with Gasteiger partial charge < -0.3 is 10.1 Å². The number of piperidine rings is 1. The van der Waals surface area contributed by atoms with Gasteiger partial charge in [-0.05, 0) is 37.1 Å². The van der Waals surface area contributed by atoms with Crippen LogP contribution in [0.4, 0.5) is 0 Å². The third-order valence-electron chi connectivity index (χ3n) is 2.85. The number of carbonyl (C=O) groups is 1. The highest BCUT2D eigenvalue weighted by Crippen LogP contribution is 2.24. The molecule has 1 aliphatic heterocycles. The number of esters is 1. The molecule has 1 aromatic carbocycles. The fourth-order valence-corrected chi connectivity index (χ4v) is 2.07. The van der Waals surface area contributed by atoms with E-state index < -0.39 is 0 Å². The Morgan fingerprint density at radius 2 is 2.00 bits per heavy atom. The lowest BCUT2D eigenvalue weighted by molar-refractivity contribution is -0.131. The van der Waals surface area contributed by atoms with Crippen molar-refractivity contribution in [2.75, 3.05) is 6.54 Å². The molecule has 17 heavy (non-hydrogen) atoms. The van der Waals surface area contributed by atoms with Gasteiger partial charge in [-0.15, -0.1) is 12.4 Å². The van der Waals surface area contributed by atoms with E-state index in [0.717, 1.165) is 6.54 Å². The lowest BCUT2D eigenvalue weighted by atomic mass is 9.98.